The average Bonchev–Trinajstić information content (AvgIpc) is 2.62. The van der Waals surface area contributed by atoms with Crippen LogP contribution in [-0.4, -0.2) is 12.1 Å². The predicted octanol–water partition coefficient (Wildman–Crippen LogP) is 2.81. The minimum Gasteiger partial charge on any atom is -0.496 e. The molecule has 1 N–H and O–H groups in total. The van der Waals surface area contributed by atoms with Crippen molar-refractivity contribution in [3.63, 3.8) is 0 Å². The topological polar surface area (TPSA) is 48.8 Å². The first-order valence-electron chi connectivity index (χ1n) is 4.01. The number of methoxy groups -OCH3 is 1. The molecule has 3 nitrogen and oxygen atoms in total. The maximum Gasteiger partial charge on any atom is 0.133 e. The summed E-state index contributed by atoms with van der Waals surface area (Å²) in [4.78, 5) is 3.02. The SMILES string of the molecule is COc1ccc2[nH]cc(C#N)c2c1Br. The van der Waals surface area contributed by atoms with Crippen molar-refractivity contribution in [2.24, 2.45) is 0 Å². The number of nitrogens with zero attached hydrogens (tertiary/aromatic N) is 1. The molecule has 0 radical (unpaired) electrons. The molecule has 0 aliphatic carbocycles. The van der Waals surface area contributed by atoms with Crippen molar-refractivity contribution < 1.29 is 4.74 Å². The number of hydrogen-bond donors (Lipinski definition) is 1. The van der Waals surface area contributed by atoms with Crippen molar-refractivity contribution in [2.45, 2.75) is 0 Å². The summed E-state index contributed by atoms with van der Waals surface area (Å²) in [6, 6.07) is 5.87. The van der Waals surface area contributed by atoms with Gasteiger partial charge in [0.15, 0.2) is 0 Å². The largest absolute Gasteiger partial charge is 0.496 e. The highest BCUT2D eigenvalue weighted by atomic mass is 79.9. The van der Waals surface area contributed by atoms with Gasteiger partial charge in [-0.05, 0) is 28.1 Å². The van der Waals surface area contributed by atoms with Gasteiger partial charge in [-0.25, -0.2) is 0 Å². The van der Waals surface area contributed by atoms with Crippen molar-refractivity contribution in [2.75, 3.05) is 7.11 Å². The molecule has 0 saturated heterocycles. The molecule has 1 aromatic carbocycles. The van der Waals surface area contributed by atoms with Crippen molar-refractivity contribution in [3.8, 4) is 11.8 Å². The van der Waals surface area contributed by atoms with E-state index in [2.05, 4.69) is 27.0 Å². The molecule has 0 unspecified atom stereocenters. The highest BCUT2D eigenvalue weighted by molar-refractivity contribution is 9.10. The van der Waals surface area contributed by atoms with Crippen LogP contribution in [0.25, 0.3) is 10.9 Å². The first-order chi connectivity index (χ1) is 6.77. The zero-order chi connectivity index (χ0) is 10.1. The van der Waals surface area contributed by atoms with Gasteiger partial charge < -0.3 is 9.72 Å². The van der Waals surface area contributed by atoms with Crippen LogP contribution in [0, 0.1) is 11.3 Å². The Labute approximate surface area is 89.4 Å². The molecule has 0 amide bonds. The lowest BCUT2D eigenvalue weighted by Crippen LogP contribution is -1.84. The molecule has 0 fully saturated rings. The first kappa shape index (κ1) is 9.10. The highest BCUT2D eigenvalue weighted by Gasteiger charge is 2.10. The molecule has 1 heterocycles. The van der Waals surface area contributed by atoms with E-state index in [1.165, 1.54) is 0 Å². The predicted molar refractivity (Wildman–Crippen MR) is 57.3 cm³/mol. The lowest BCUT2D eigenvalue weighted by molar-refractivity contribution is 0.413. The van der Waals surface area contributed by atoms with Crippen LogP contribution in [0.2, 0.25) is 0 Å². The molecule has 0 aliphatic heterocycles. The summed E-state index contributed by atoms with van der Waals surface area (Å²) < 4.78 is 5.97. The molecule has 0 saturated carbocycles. The Bertz CT molecular complexity index is 525. The number of ether oxygens (including phenoxy) is 1. The van der Waals surface area contributed by atoms with Gasteiger partial charge in [-0.1, -0.05) is 0 Å². The van der Waals surface area contributed by atoms with Crippen LogP contribution in [0.15, 0.2) is 22.8 Å². The minimum atomic E-state index is 0.616. The second-order valence-electron chi connectivity index (χ2n) is 2.82. The number of hydrogen-bond acceptors (Lipinski definition) is 2. The smallest absolute Gasteiger partial charge is 0.133 e. The highest BCUT2D eigenvalue weighted by Crippen LogP contribution is 2.34. The maximum absolute atomic E-state index is 8.88. The van der Waals surface area contributed by atoms with E-state index >= 15 is 0 Å². The van der Waals surface area contributed by atoms with Crippen LogP contribution in [0.4, 0.5) is 0 Å². The van der Waals surface area contributed by atoms with Crippen LogP contribution in [0.3, 0.4) is 0 Å². The third kappa shape index (κ3) is 1.17. The lowest BCUT2D eigenvalue weighted by atomic mass is 10.2. The number of nitriles is 1. The number of rotatable bonds is 1. The van der Waals surface area contributed by atoms with Crippen LogP contribution >= 0.6 is 15.9 Å². The summed E-state index contributed by atoms with van der Waals surface area (Å²) in [5, 5.41) is 9.75. The van der Waals surface area contributed by atoms with Crippen LogP contribution < -0.4 is 4.74 Å². The van der Waals surface area contributed by atoms with Crippen molar-refractivity contribution in [3.05, 3.63) is 28.4 Å². The molecule has 2 rings (SSSR count). The summed E-state index contributed by atoms with van der Waals surface area (Å²) in [7, 11) is 1.60. The summed E-state index contributed by atoms with van der Waals surface area (Å²) in [5.41, 5.74) is 1.54. The normalized spacial score (nSPS) is 10.1. The van der Waals surface area contributed by atoms with Gasteiger partial charge in [0.2, 0.25) is 0 Å². The Morgan fingerprint density at radius 1 is 1.50 bits per heavy atom. The van der Waals surface area contributed by atoms with E-state index in [-0.39, 0.29) is 0 Å². The van der Waals surface area contributed by atoms with Crippen LogP contribution in [-0.2, 0) is 0 Å². The summed E-state index contributed by atoms with van der Waals surface area (Å²) >= 11 is 3.42. The zero-order valence-electron chi connectivity index (χ0n) is 7.47. The molecule has 2 aromatic rings. The molecule has 14 heavy (non-hydrogen) atoms. The quantitative estimate of drug-likeness (QED) is 0.847. The van der Waals surface area contributed by atoms with Crippen LogP contribution in [0.5, 0.6) is 5.75 Å². The standard InChI is InChI=1S/C10H7BrN2O/c1-14-8-3-2-7-9(10(8)11)6(4-12)5-13-7/h2-3,5,13H,1H3. The first-order valence-corrected chi connectivity index (χ1v) is 4.81. The van der Waals surface area contributed by atoms with E-state index in [9.17, 15) is 0 Å². The molecule has 0 atom stereocenters. The number of aromatic nitrogens is 1. The molecular formula is C10H7BrN2O. The molecule has 0 aliphatic rings. The number of benzene rings is 1. The van der Waals surface area contributed by atoms with Gasteiger partial charge in [-0.15, -0.1) is 0 Å². The van der Waals surface area contributed by atoms with Gasteiger partial charge in [0.05, 0.1) is 17.1 Å². The van der Waals surface area contributed by atoms with Crippen molar-refractivity contribution in [1.29, 1.82) is 5.26 Å². The van der Waals surface area contributed by atoms with Gasteiger partial charge in [0.1, 0.15) is 11.8 Å². The molecule has 70 valence electrons. The fourth-order valence-corrected chi connectivity index (χ4v) is 2.13. The van der Waals surface area contributed by atoms with Gasteiger partial charge in [-0.2, -0.15) is 5.26 Å². The van der Waals surface area contributed by atoms with E-state index in [0.29, 0.717) is 5.56 Å². The number of H-pyrrole nitrogens is 1. The number of aromatic amines is 1. The van der Waals surface area contributed by atoms with Crippen molar-refractivity contribution in [1.82, 2.24) is 4.98 Å². The monoisotopic (exact) mass is 250 g/mol. The Morgan fingerprint density at radius 2 is 2.29 bits per heavy atom. The van der Waals surface area contributed by atoms with Crippen LogP contribution in [0.1, 0.15) is 5.56 Å². The molecule has 0 spiro atoms. The Hall–Kier alpha value is -1.47. The van der Waals surface area contributed by atoms with E-state index in [0.717, 1.165) is 21.1 Å². The number of fused-ring (bicyclic) bond motifs is 1. The van der Waals surface area contributed by atoms with Crippen molar-refractivity contribution >= 4 is 26.8 Å². The molecule has 1 aromatic heterocycles. The molecule has 0 bridgehead atoms. The number of nitrogens with one attached hydrogen (secondary N) is 1. The zero-order valence-corrected chi connectivity index (χ0v) is 9.05. The summed E-state index contributed by atoms with van der Waals surface area (Å²) in [5.74, 6) is 0.730. The Morgan fingerprint density at radius 3 is 2.93 bits per heavy atom. The fourth-order valence-electron chi connectivity index (χ4n) is 1.41. The van der Waals surface area contributed by atoms with E-state index in [4.69, 9.17) is 10.00 Å². The fraction of sp³-hybridized carbons (Fsp3) is 0.100. The van der Waals surface area contributed by atoms with Gasteiger partial charge in [0, 0.05) is 17.1 Å². The maximum atomic E-state index is 8.88. The van der Waals surface area contributed by atoms with Gasteiger partial charge in [-0.3, -0.25) is 0 Å². The summed E-state index contributed by atoms with van der Waals surface area (Å²) in [6.45, 7) is 0. The number of halogens is 1. The Kier molecular flexibility index (Phi) is 2.18. The third-order valence-corrected chi connectivity index (χ3v) is 2.88. The minimum absolute atomic E-state index is 0.616. The van der Waals surface area contributed by atoms with Gasteiger partial charge >= 0.3 is 0 Å². The lowest BCUT2D eigenvalue weighted by Gasteiger charge is -2.03. The molecule has 4 heteroatoms. The average molecular weight is 251 g/mol. The van der Waals surface area contributed by atoms with E-state index in [1.807, 2.05) is 12.1 Å². The second kappa shape index (κ2) is 3.35. The molecular weight excluding hydrogens is 244 g/mol. The summed E-state index contributed by atoms with van der Waals surface area (Å²) in [6.07, 6.45) is 1.69. The third-order valence-electron chi connectivity index (χ3n) is 2.09. The Balaban J connectivity index is 2.85. The second-order valence-corrected chi connectivity index (χ2v) is 3.61. The van der Waals surface area contributed by atoms with E-state index < -0.39 is 0 Å². The van der Waals surface area contributed by atoms with Gasteiger partial charge in [0.25, 0.3) is 0 Å². The van der Waals surface area contributed by atoms with E-state index in [1.54, 1.807) is 13.3 Å².